The van der Waals surface area contributed by atoms with E-state index in [9.17, 15) is 4.79 Å². The highest BCUT2D eigenvalue weighted by molar-refractivity contribution is 6.32. The van der Waals surface area contributed by atoms with Crippen LogP contribution in [0.3, 0.4) is 0 Å². The lowest BCUT2D eigenvalue weighted by molar-refractivity contribution is 0.0464. The summed E-state index contributed by atoms with van der Waals surface area (Å²) in [4.78, 5) is 12.2. The molecule has 8 heteroatoms. The molecule has 0 unspecified atom stereocenters. The number of carbonyl (C=O) groups is 1. The van der Waals surface area contributed by atoms with Gasteiger partial charge in [0.1, 0.15) is 12.3 Å². The van der Waals surface area contributed by atoms with Crippen LogP contribution in [0.25, 0.3) is 11.5 Å². The van der Waals surface area contributed by atoms with Crippen molar-refractivity contribution >= 4 is 17.6 Å². The zero-order chi connectivity index (χ0) is 16.5. The van der Waals surface area contributed by atoms with Crippen molar-refractivity contribution in [2.24, 2.45) is 0 Å². The van der Waals surface area contributed by atoms with Gasteiger partial charge < -0.3 is 23.2 Å². The first-order chi connectivity index (χ1) is 11.7. The highest BCUT2D eigenvalue weighted by Gasteiger charge is 2.21. The molecule has 0 radical (unpaired) electrons. The van der Waals surface area contributed by atoms with E-state index in [1.54, 1.807) is 18.2 Å². The van der Waals surface area contributed by atoms with Gasteiger partial charge in [-0.2, -0.15) is 0 Å². The summed E-state index contributed by atoms with van der Waals surface area (Å²) in [5.41, 5.74) is 0.723. The Morgan fingerprint density at radius 3 is 3.00 bits per heavy atom. The summed E-state index contributed by atoms with van der Waals surface area (Å²) in [5, 5.41) is 4.12. The van der Waals surface area contributed by atoms with Crippen molar-refractivity contribution in [1.82, 2.24) is 5.16 Å². The Balaban J connectivity index is 1.45. The minimum Gasteiger partial charge on any atom is -0.461 e. The van der Waals surface area contributed by atoms with Gasteiger partial charge >= 0.3 is 5.97 Å². The summed E-state index contributed by atoms with van der Waals surface area (Å²) in [5.74, 6) is 1.28. The standard InChI is InChI=1S/C16H10ClNO6/c17-11-4-9(5-14-15(11)23-8-22-14)16(19)21-7-10-6-13(24-18-10)12-2-1-3-20-12/h1-6H,7-8H2. The summed E-state index contributed by atoms with van der Waals surface area (Å²) in [6, 6.07) is 8.10. The molecule has 122 valence electrons. The molecule has 0 saturated heterocycles. The second-order valence-corrected chi connectivity index (χ2v) is 5.33. The molecule has 24 heavy (non-hydrogen) atoms. The Morgan fingerprint density at radius 2 is 2.17 bits per heavy atom. The number of halogens is 1. The lowest BCUT2D eigenvalue weighted by Crippen LogP contribution is -2.05. The van der Waals surface area contributed by atoms with Gasteiger partial charge in [0, 0.05) is 6.07 Å². The summed E-state index contributed by atoms with van der Waals surface area (Å²) >= 11 is 6.05. The largest absolute Gasteiger partial charge is 0.461 e. The van der Waals surface area contributed by atoms with Crippen LogP contribution in [0.2, 0.25) is 5.02 Å². The lowest BCUT2D eigenvalue weighted by atomic mass is 10.2. The fraction of sp³-hybridized carbons (Fsp3) is 0.125. The van der Waals surface area contributed by atoms with Gasteiger partial charge in [0.25, 0.3) is 0 Å². The summed E-state index contributed by atoms with van der Waals surface area (Å²) in [6.07, 6.45) is 1.53. The Hall–Kier alpha value is -2.93. The summed E-state index contributed by atoms with van der Waals surface area (Å²) in [7, 11) is 0. The van der Waals surface area contributed by atoms with Crippen LogP contribution in [-0.2, 0) is 11.3 Å². The van der Waals surface area contributed by atoms with Gasteiger partial charge in [0.15, 0.2) is 17.3 Å². The van der Waals surface area contributed by atoms with Gasteiger partial charge in [-0.1, -0.05) is 16.8 Å². The van der Waals surface area contributed by atoms with Crippen molar-refractivity contribution in [1.29, 1.82) is 0 Å². The second-order valence-electron chi connectivity index (χ2n) is 4.93. The van der Waals surface area contributed by atoms with Crippen LogP contribution in [0.5, 0.6) is 11.5 Å². The van der Waals surface area contributed by atoms with Gasteiger partial charge in [0.2, 0.25) is 12.6 Å². The fourth-order valence-electron chi connectivity index (χ4n) is 2.22. The van der Waals surface area contributed by atoms with Gasteiger partial charge in [-0.15, -0.1) is 0 Å². The number of ether oxygens (including phenoxy) is 3. The zero-order valence-corrected chi connectivity index (χ0v) is 12.9. The Kier molecular flexibility index (Phi) is 3.62. The number of benzene rings is 1. The Morgan fingerprint density at radius 1 is 1.25 bits per heavy atom. The molecule has 0 N–H and O–H groups in total. The van der Waals surface area contributed by atoms with E-state index in [4.69, 9.17) is 34.8 Å². The van der Waals surface area contributed by atoms with Crippen LogP contribution in [0.1, 0.15) is 16.1 Å². The van der Waals surface area contributed by atoms with Crippen LogP contribution in [0.4, 0.5) is 0 Å². The monoisotopic (exact) mass is 347 g/mol. The predicted molar refractivity (Wildman–Crippen MR) is 80.9 cm³/mol. The molecule has 0 amide bonds. The number of hydrogen-bond donors (Lipinski definition) is 0. The third kappa shape index (κ3) is 2.69. The minimum atomic E-state index is -0.558. The van der Waals surface area contributed by atoms with E-state index in [0.29, 0.717) is 33.7 Å². The fourth-order valence-corrected chi connectivity index (χ4v) is 2.49. The highest BCUT2D eigenvalue weighted by Crippen LogP contribution is 2.39. The average molecular weight is 348 g/mol. The van der Waals surface area contributed by atoms with E-state index in [1.807, 2.05) is 0 Å². The van der Waals surface area contributed by atoms with E-state index >= 15 is 0 Å². The quantitative estimate of drug-likeness (QED) is 0.665. The molecule has 0 atom stereocenters. The first kappa shape index (κ1) is 14.6. The minimum absolute atomic E-state index is 0.0465. The molecule has 3 heterocycles. The molecule has 0 aliphatic carbocycles. The van der Waals surface area contributed by atoms with Crippen molar-refractivity contribution in [3.63, 3.8) is 0 Å². The zero-order valence-electron chi connectivity index (χ0n) is 12.2. The summed E-state index contributed by atoms with van der Waals surface area (Å²) in [6.45, 7) is 0.0250. The number of esters is 1. The maximum Gasteiger partial charge on any atom is 0.338 e. The number of furan rings is 1. The third-order valence-corrected chi connectivity index (χ3v) is 3.62. The maximum absolute atomic E-state index is 12.2. The van der Waals surface area contributed by atoms with Crippen LogP contribution in [0, 0.1) is 0 Å². The first-order valence-corrected chi connectivity index (χ1v) is 7.34. The molecule has 7 nitrogen and oxygen atoms in total. The molecular formula is C16H10ClNO6. The van der Waals surface area contributed by atoms with E-state index in [-0.39, 0.29) is 19.0 Å². The number of carbonyl (C=O) groups excluding carboxylic acids is 1. The average Bonchev–Trinajstić information content (AvgIpc) is 3.31. The van der Waals surface area contributed by atoms with E-state index in [0.717, 1.165) is 0 Å². The molecule has 0 saturated carbocycles. The molecule has 0 spiro atoms. The highest BCUT2D eigenvalue weighted by atomic mass is 35.5. The molecule has 4 rings (SSSR count). The van der Waals surface area contributed by atoms with Crippen LogP contribution >= 0.6 is 11.6 Å². The van der Waals surface area contributed by atoms with Crippen LogP contribution < -0.4 is 9.47 Å². The molecule has 1 aromatic carbocycles. The smallest absolute Gasteiger partial charge is 0.338 e. The van der Waals surface area contributed by atoms with Gasteiger partial charge in [-0.3, -0.25) is 0 Å². The molecule has 3 aromatic rings. The maximum atomic E-state index is 12.2. The summed E-state index contributed by atoms with van der Waals surface area (Å²) < 4.78 is 26.0. The number of fused-ring (bicyclic) bond motifs is 1. The third-order valence-electron chi connectivity index (χ3n) is 3.34. The SMILES string of the molecule is O=C(OCc1cc(-c2ccco2)on1)c1cc(Cl)c2c(c1)OCO2. The second kappa shape index (κ2) is 5.93. The van der Waals surface area contributed by atoms with E-state index in [1.165, 1.54) is 18.4 Å². The molecule has 1 aliphatic rings. The van der Waals surface area contributed by atoms with Gasteiger partial charge in [0.05, 0.1) is 16.8 Å². The first-order valence-electron chi connectivity index (χ1n) is 6.96. The predicted octanol–water partition coefficient (Wildman–Crippen LogP) is 3.67. The Bertz CT molecular complexity index is 886. The van der Waals surface area contributed by atoms with Crippen molar-refractivity contribution in [2.45, 2.75) is 6.61 Å². The lowest BCUT2D eigenvalue weighted by Gasteiger charge is -2.05. The van der Waals surface area contributed by atoms with Gasteiger partial charge in [-0.05, 0) is 24.3 Å². The van der Waals surface area contributed by atoms with Gasteiger partial charge in [-0.25, -0.2) is 4.79 Å². The van der Waals surface area contributed by atoms with Crippen molar-refractivity contribution < 1.29 is 27.9 Å². The molecule has 0 fully saturated rings. The van der Waals surface area contributed by atoms with Crippen LogP contribution in [-0.4, -0.2) is 17.9 Å². The van der Waals surface area contributed by atoms with Crippen LogP contribution in [0.15, 0.2) is 45.5 Å². The van der Waals surface area contributed by atoms with Crippen molar-refractivity contribution in [2.75, 3.05) is 6.79 Å². The normalized spacial score (nSPS) is 12.4. The molecule has 1 aliphatic heterocycles. The number of hydrogen-bond acceptors (Lipinski definition) is 7. The molecule has 2 aromatic heterocycles. The number of rotatable bonds is 4. The Labute approximate surface area is 140 Å². The van der Waals surface area contributed by atoms with Crippen molar-refractivity contribution in [3.05, 3.63) is 52.9 Å². The molecule has 0 bridgehead atoms. The number of nitrogens with zero attached hydrogens (tertiary/aromatic N) is 1. The topological polar surface area (TPSA) is 83.9 Å². The van der Waals surface area contributed by atoms with Crippen molar-refractivity contribution in [3.8, 4) is 23.0 Å². The molecular weight excluding hydrogens is 338 g/mol. The van der Waals surface area contributed by atoms with E-state index in [2.05, 4.69) is 5.16 Å². The van der Waals surface area contributed by atoms with E-state index < -0.39 is 5.97 Å². The number of aromatic nitrogens is 1.